The Morgan fingerprint density at radius 3 is 2.32 bits per heavy atom. The molecule has 0 saturated heterocycles. The quantitative estimate of drug-likeness (QED) is 0.635. The van der Waals surface area contributed by atoms with Crippen molar-refractivity contribution in [3.05, 3.63) is 60.2 Å². The van der Waals surface area contributed by atoms with Crippen LogP contribution in [0.15, 0.2) is 54.6 Å². The zero-order chi connectivity index (χ0) is 17.5. The molecule has 1 aliphatic carbocycles. The molecule has 0 aromatic heterocycles. The monoisotopic (exact) mass is 339 g/mol. The minimum atomic E-state index is 0.198. The van der Waals surface area contributed by atoms with Gasteiger partial charge in [-0.05, 0) is 48.6 Å². The van der Waals surface area contributed by atoms with Crippen LogP contribution in [0.1, 0.15) is 50.6 Å². The van der Waals surface area contributed by atoms with Crippen LogP contribution in [0.5, 0.6) is 11.5 Å². The van der Waals surface area contributed by atoms with E-state index in [-0.39, 0.29) is 18.7 Å². The molecule has 1 aliphatic rings. The second-order valence-electron chi connectivity index (χ2n) is 7.05. The molecule has 3 rings (SSSR count). The molecular formula is C22H29NO2. The van der Waals surface area contributed by atoms with Gasteiger partial charge in [0.25, 0.3) is 0 Å². The highest BCUT2D eigenvalue weighted by Gasteiger charge is 2.26. The topological polar surface area (TPSA) is 41.5 Å². The van der Waals surface area contributed by atoms with Gasteiger partial charge in [0.1, 0.15) is 11.5 Å². The third kappa shape index (κ3) is 5.58. The van der Waals surface area contributed by atoms with Crippen LogP contribution in [0.25, 0.3) is 0 Å². The zero-order valence-corrected chi connectivity index (χ0v) is 15.0. The van der Waals surface area contributed by atoms with Crippen LogP contribution in [0.2, 0.25) is 0 Å². The summed E-state index contributed by atoms with van der Waals surface area (Å²) in [6.07, 6.45) is 5.91. The zero-order valence-electron chi connectivity index (χ0n) is 15.0. The Kier molecular flexibility index (Phi) is 6.48. The van der Waals surface area contributed by atoms with E-state index in [9.17, 15) is 5.11 Å². The molecule has 2 aromatic carbocycles. The Morgan fingerprint density at radius 1 is 1.04 bits per heavy atom. The van der Waals surface area contributed by atoms with Crippen molar-refractivity contribution in [2.75, 3.05) is 6.61 Å². The van der Waals surface area contributed by atoms with E-state index < -0.39 is 0 Å². The summed E-state index contributed by atoms with van der Waals surface area (Å²) >= 11 is 0. The third-order valence-corrected chi connectivity index (χ3v) is 4.81. The number of benzene rings is 2. The van der Waals surface area contributed by atoms with Crippen LogP contribution in [0.3, 0.4) is 0 Å². The van der Waals surface area contributed by atoms with E-state index in [4.69, 9.17) is 4.74 Å². The second kappa shape index (κ2) is 9.02. The molecule has 1 fully saturated rings. The lowest BCUT2D eigenvalue weighted by atomic mass is 10.00. The van der Waals surface area contributed by atoms with Gasteiger partial charge in [-0.25, -0.2) is 0 Å². The average Bonchev–Trinajstić information content (AvgIpc) is 3.46. The van der Waals surface area contributed by atoms with Crippen molar-refractivity contribution in [2.45, 2.75) is 51.1 Å². The molecule has 0 amide bonds. The Hall–Kier alpha value is -1.84. The normalized spacial score (nSPS) is 16.4. The largest absolute Gasteiger partial charge is 0.457 e. The summed E-state index contributed by atoms with van der Waals surface area (Å²) in [6.45, 7) is 2.42. The van der Waals surface area contributed by atoms with E-state index in [0.29, 0.717) is 0 Å². The fourth-order valence-electron chi connectivity index (χ4n) is 3.26. The number of aliphatic hydroxyl groups is 1. The molecular weight excluding hydrogens is 310 g/mol. The maximum absolute atomic E-state index is 9.69. The number of aliphatic hydroxyl groups excluding tert-OH is 1. The van der Waals surface area contributed by atoms with Crippen LogP contribution in [-0.4, -0.2) is 17.8 Å². The first-order valence-electron chi connectivity index (χ1n) is 9.48. The van der Waals surface area contributed by atoms with E-state index in [1.807, 2.05) is 42.5 Å². The Morgan fingerprint density at radius 2 is 1.72 bits per heavy atom. The first-order valence-corrected chi connectivity index (χ1v) is 9.48. The molecule has 25 heavy (non-hydrogen) atoms. The molecule has 0 aliphatic heterocycles. The van der Waals surface area contributed by atoms with Crippen molar-refractivity contribution in [2.24, 2.45) is 5.92 Å². The molecule has 2 unspecified atom stereocenters. The molecule has 134 valence electrons. The summed E-state index contributed by atoms with van der Waals surface area (Å²) in [7, 11) is 0. The molecule has 1 saturated carbocycles. The first kappa shape index (κ1) is 18.0. The second-order valence-corrected chi connectivity index (χ2v) is 7.05. The van der Waals surface area contributed by atoms with Crippen molar-refractivity contribution >= 4 is 0 Å². The van der Waals surface area contributed by atoms with E-state index in [2.05, 4.69) is 24.4 Å². The molecule has 2 atom stereocenters. The minimum absolute atomic E-state index is 0.198. The predicted molar refractivity (Wildman–Crippen MR) is 102 cm³/mol. The highest BCUT2D eigenvalue weighted by molar-refractivity contribution is 5.34. The van der Waals surface area contributed by atoms with E-state index in [1.54, 1.807) is 0 Å². The van der Waals surface area contributed by atoms with Gasteiger partial charge in [-0.1, -0.05) is 56.5 Å². The van der Waals surface area contributed by atoms with Gasteiger partial charge in [0.05, 0.1) is 6.61 Å². The van der Waals surface area contributed by atoms with Gasteiger partial charge < -0.3 is 15.2 Å². The lowest BCUT2D eigenvalue weighted by molar-refractivity contribution is 0.217. The van der Waals surface area contributed by atoms with Gasteiger partial charge in [-0.15, -0.1) is 0 Å². The number of rotatable bonds is 10. The SMILES string of the molecule is CCCC(NC(CO)CC1CC1)c1ccc(Oc2ccccc2)cc1. The molecule has 0 heterocycles. The maximum Gasteiger partial charge on any atom is 0.127 e. The number of para-hydroxylation sites is 1. The van der Waals surface area contributed by atoms with Crippen molar-refractivity contribution < 1.29 is 9.84 Å². The van der Waals surface area contributed by atoms with Gasteiger partial charge in [0.2, 0.25) is 0 Å². The Balaban J connectivity index is 1.64. The van der Waals surface area contributed by atoms with Crippen LogP contribution in [0.4, 0.5) is 0 Å². The third-order valence-electron chi connectivity index (χ3n) is 4.81. The first-order chi connectivity index (χ1) is 12.3. The molecule has 0 bridgehead atoms. The molecule has 3 heteroatoms. The smallest absolute Gasteiger partial charge is 0.127 e. The average molecular weight is 339 g/mol. The number of ether oxygens (including phenoxy) is 1. The summed E-state index contributed by atoms with van der Waals surface area (Å²) < 4.78 is 5.88. The van der Waals surface area contributed by atoms with Gasteiger partial charge in [-0.2, -0.15) is 0 Å². The van der Waals surface area contributed by atoms with Gasteiger partial charge in [0, 0.05) is 12.1 Å². The lowest BCUT2D eigenvalue weighted by Crippen LogP contribution is -2.36. The minimum Gasteiger partial charge on any atom is -0.457 e. The summed E-state index contributed by atoms with van der Waals surface area (Å²) in [4.78, 5) is 0. The summed E-state index contributed by atoms with van der Waals surface area (Å²) in [5.41, 5.74) is 1.26. The van der Waals surface area contributed by atoms with Crippen molar-refractivity contribution in [1.29, 1.82) is 0 Å². The summed E-state index contributed by atoms with van der Waals surface area (Å²) in [6, 6.07) is 18.7. The molecule has 2 aromatic rings. The highest BCUT2D eigenvalue weighted by Crippen LogP contribution is 2.34. The molecule has 0 spiro atoms. The van der Waals surface area contributed by atoms with Gasteiger partial charge >= 0.3 is 0 Å². The van der Waals surface area contributed by atoms with E-state index >= 15 is 0 Å². The number of hydrogen-bond acceptors (Lipinski definition) is 3. The van der Waals surface area contributed by atoms with E-state index in [1.165, 1.54) is 18.4 Å². The van der Waals surface area contributed by atoms with Crippen molar-refractivity contribution in [3.8, 4) is 11.5 Å². The molecule has 3 nitrogen and oxygen atoms in total. The molecule has 2 N–H and O–H groups in total. The predicted octanol–water partition coefficient (Wildman–Crippen LogP) is 5.07. The summed E-state index contributed by atoms with van der Waals surface area (Å²) in [5.74, 6) is 2.51. The van der Waals surface area contributed by atoms with E-state index in [0.717, 1.165) is 36.7 Å². The number of hydrogen-bond donors (Lipinski definition) is 2. The van der Waals surface area contributed by atoms with Crippen LogP contribution >= 0.6 is 0 Å². The van der Waals surface area contributed by atoms with Crippen molar-refractivity contribution in [1.82, 2.24) is 5.32 Å². The lowest BCUT2D eigenvalue weighted by Gasteiger charge is -2.25. The fraction of sp³-hybridized carbons (Fsp3) is 0.455. The fourth-order valence-corrected chi connectivity index (χ4v) is 3.26. The van der Waals surface area contributed by atoms with Gasteiger partial charge in [0.15, 0.2) is 0 Å². The van der Waals surface area contributed by atoms with Crippen molar-refractivity contribution in [3.63, 3.8) is 0 Å². The maximum atomic E-state index is 9.69. The van der Waals surface area contributed by atoms with Gasteiger partial charge in [-0.3, -0.25) is 0 Å². The summed E-state index contributed by atoms with van der Waals surface area (Å²) in [5, 5.41) is 13.4. The number of nitrogens with one attached hydrogen (secondary N) is 1. The Bertz CT molecular complexity index is 622. The Labute approximate surface area is 151 Å². The van der Waals surface area contributed by atoms with Crippen LogP contribution in [-0.2, 0) is 0 Å². The van der Waals surface area contributed by atoms with Crippen LogP contribution in [0, 0.1) is 5.92 Å². The standard InChI is InChI=1S/C22H29NO2/c1-2-6-22(23-19(16-24)15-17-9-10-17)18-11-13-21(14-12-18)25-20-7-4-3-5-8-20/h3-5,7-8,11-14,17,19,22-24H,2,6,9-10,15-16H2,1H3. The highest BCUT2D eigenvalue weighted by atomic mass is 16.5. The molecule has 0 radical (unpaired) electrons. The van der Waals surface area contributed by atoms with Crippen LogP contribution < -0.4 is 10.1 Å².